The molecule has 0 aliphatic heterocycles. The van der Waals surface area contributed by atoms with Crippen molar-refractivity contribution in [1.29, 1.82) is 0 Å². The van der Waals surface area contributed by atoms with Crippen molar-refractivity contribution in [3.63, 3.8) is 0 Å². The number of hydrogen-bond donors (Lipinski definition) is 1. The summed E-state index contributed by atoms with van der Waals surface area (Å²) < 4.78 is 1.24. The van der Waals surface area contributed by atoms with E-state index >= 15 is 0 Å². The van der Waals surface area contributed by atoms with Gasteiger partial charge in [0.2, 0.25) is 0 Å². The first-order valence-electron chi connectivity index (χ1n) is 4.02. The van der Waals surface area contributed by atoms with Crippen molar-refractivity contribution in [2.75, 3.05) is 6.61 Å². The summed E-state index contributed by atoms with van der Waals surface area (Å²) in [5, 5.41) is 9.00. The maximum atomic E-state index is 9.00. The van der Waals surface area contributed by atoms with E-state index in [0.29, 0.717) is 0 Å². The summed E-state index contributed by atoms with van der Waals surface area (Å²) in [6, 6.07) is 6.33. The van der Waals surface area contributed by atoms with Crippen molar-refractivity contribution in [2.45, 2.75) is 19.8 Å². The van der Waals surface area contributed by atoms with E-state index < -0.39 is 0 Å². The van der Waals surface area contributed by atoms with Crippen LogP contribution < -0.4 is 0 Å². The van der Waals surface area contributed by atoms with Gasteiger partial charge in [0, 0.05) is 16.1 Å². The number of aliphatic hydroxyl groups excluding tert-OH is 1. The van der Waals surface area contributed by atoms with Gasteiger partial charge in [0.05, 0.1) is 0 Å². The summed E-state index contributed by atoms with van der Waals surface area (Å²) in [5.41, 5.74) is 2.50. The second kappa shape index (κ2) is 4.23. The number of halogens is 1. The Hall–Kier alpha value is -0.0900. The van der Waals surface area contributed by atoms with E-state index in [1.165, 1.54) is 14.7 Å². The number of aliphatic hydroxyl groups is 1. The Labute approximate surface area is 86.9 Å². The van der Waals surface area contributed by atoms with Crippen LogP contribution in [-0.4, -0.2) is 11.7 Å². The van der Waals surface area contributed by atoms with E-state index in [1.54, 1.807) is 0 Å². The summed E-state index contributed by atoms with van der Waals surface area (Å²) >= 11 is 2.30. The molecule has 0 saturated carbocycles. The van der Waals surface area contributed by atoms with Crippen LogP contribution in [0.3, 0.4) is 0 Å². The van der Waals surface area contributed by atoms with Crippen molar-refractivity contribution in [3.05, 3.63) is 32.9 Å². The van der Waals surface area contributed by atoms with Crippen molar-refractivity contribution in [1.82, 2.24) is 0 Å². The van der Waals surface area contributed by atoms with Crippen LogP contribution in [0.15, 0.2) is 18.2 Å². The summed E-state index contributed by atoms with van der Waals surface area (Å²) in [7, 11) is 0. The average molecular weight is 276 g/mol. The summed E-state index contributed by atoms with van der Waals surface area (Å²) in [6.45, 7) is 4.33. The number of rotatable bonds is 2. The molecule has 1 rings (SSSR count). The van der Waals surface area contributed by atoms with Crippen LogP contribution in [0.2, 0.25) is 0 Å². The third-order valence-electron chi connectivity index (χ3n) is 1.96. The molecule has 0 heterocycles. The first-order valence-corrected chi connectivity index (χ1v) is 5.10. The van der Waals surface area contributed by atoms with Crippen molar-refractivity contribution >= 4 is 22.6 Å². The van der Waals surface area contributed by atoms with Crippen molar-refractivity contribution in [2.24, 2.45) is 0 Å². The highest BCUT2D eigenvalue weighted by molar-refractivity contribution is 14.1. The van der Waals surface area contributed by atoms with Crippen LogP contribution in [0.4, 0.5) is 0 Å². The summed E-state index contributed by atoms with van der Waals surface area (Å²) in [4.78, 5) is 0. The van der Waals surface area contributed by atoms with Crippen LogP contribution in [0, 0.1) is 10.5 Å². The second-order valence-corrected chi connectivity index (χ2v) is 4.27. The normalized spacial score (nSPS) is 13.0. The maximum Gasteiger partial charge on any atom is 0.0497 e. The number of aryl methyl sites for hydroxylation is 1. The zero-order valence-corrected chi connectivity index (χ0v) is 9.50. The molecule has 66 valence electrons. The van der Waals surface area contributed by atoms with Gasteiger partial charge in [0.15, 0.2) is 0 Å². The molecule has 1 atom stereocenters. The molecule has 1 nitrogen and oxygen atoms in total. The second-order valence-electron chi connectivity index (χ2n) is 3.11. The Morgan fingerprint density at radius 2 is 2.17 bits per heavy atom. The monoisotopic (exact) mass is 276 g/mol. The molecule has 0 radical (unpaired) electrons. The minimum atomic E-state index is 0.222. The summed E-state index contributed by atoms with van der Waals surface area (Å²) in [5.74, 6) is 0.247. The number of hydrogen-bond acceptors (Lipinski definition) is 1. The SMILES string of the molecule is Cc1ccc(I)c(C(C)CO)c1. The standard InChI is InChI=1S/C10H13IO/c1-7-3-4-10(11)9(5-7)8(2)6-12/h3-5,8,12H,6H2,1-2H3. The molecule has 12 heavy (non-hydrogen) atoms. The molecule has 2 heteroatoms. The van der Waals surface area contributed by atoms with Crippen LogP contribution in [0.25, 0.3) is 0 Å². The largest absolute Gasteiger partial charge is 0.396 e. The Bertz CT molecular complexity index is 271. The minimum Gasteiger partial charge on any atom is -0.396 e. The molecule has 0 aliphatic carbocycles. The van der Waals surface area contributed by atoms with Gasteiger partial charge in [0.25, 0.3) is 0 Å². The molecular weight excluding hydrogens is 263 g/mol. The zero-order chi connectivity index (χ0) is 9.14. The smallest absolute Gasteiger partial charge is 0.0497 e. The molecule has 1 aromatic rings. The molecule has 1 unspecified atom stereocenters. The molecular formula is C10H13IO. The third kappa shape index (κ3) is 2.20. The lowest BCUT2D eigenvalue weighted by Gasteiger charge is -2.11. The topological polar surface area (TPSA) is 20.2 Å². The molecule has 0 bridgehead atoms. The van der Waals surface area contributed by atoms with E-state index in [9.17, 15) is 0 Å². The van der Waals surface area contributed by atoms with E-state index in [0.717, 1.165) is 0 Å². The van der Waals surface area contributed by atoms with Gasteiger partial charge in [-0.3, -0.25) is 0 Å². The van der Waals surface area contributed by atoms with Gasteiger partial charge in [0.1, 0.15) is 0 Å². The first-order chi connectivity index (χ1) is 5.65. The van der Waals surface area contributed by atoms with Crippen LogP contribution in [0.5, 0.6) is 0 Å². The summed E-state index contributed by atoms with van der Waals surface area (Å²) in [6.07, 6.45) is 0. The van der Waals surface area contributed by atoms with Crippen LogP contribution in [-0.2, 0) is 0 Å². The number of benzene rings is 1. The highest BCUT2D eigenvalue weighted by atomic mass is 127. The molecule has 0 aliphatic rings. The van der Waals surface area contributed by atoms with E-state index in [4.69, 9.17) is 5.11 Å². The van der Waals surface area contributed by atoms with E-state index in [1.807, 2.05) is 6.92 Å². The van der Waals surface area contributed by atoms with Gasteiger partial charge < -0.3 is 5.11 Å². The Kier molecular flexibility index (Phi) is 3.53. The van der Waals surface area contributed by atoms with E-state index in [-0.39, 0.29) is 12.5 Å². The molecule has 0 spiro atoms. The molecule has 0 saturated heterocycles. The third-order valence-corrected chi connectivity index (χ3v) is 2.94. The van der Waals surface area contributed by atoms with Crippen LogP contribution >= 0.6 is 22.6 Å². The highest BCUT2D eigenvalue weighted by Crippen LogP contribution is 2.22. The fourth-order valence-electron chi connectivity index (χ4n) is 1.14. The quantitative estimate of drug-likeness (QED) is 0.823. The van der Waals surface area contributed by atoms with Gasteiger partial charge in [-0.05, 0) is 41.1 Å². The lowest BCUT2D eigenvalue weighted by atomic mass is 10.0. The lowest BCUT2D eigenvalue weighted by Crippen LogP contribution is -2.01. The minimum absolute atomic E-state index is 0.222. The van der Waals surface area contributed by atoms with Gasteiger partial charge in [-0.15, -0.1) is 0 Å². The predicted molar refractivity (Wildman–Crippen MR) is 59.4 cm³/mol. The first kappa shape index (κ1) is 9.99. The van der Waals surface area contributed by atoms with Crippen molar-refractivity contribution < 1.29 is 5.11 Å². The van der Waals surface area contributed by atoms with Gasteiger partial charge in [-0.25, -0.2) is 0 Å². The Morgan fingerprint density at radius 1 is 1.50 bits per heavy atom. The zero-order valence-electron chi connectivity index (χ0n) is 7.34. The molecule has 0 fully saturated rings. The molecule has 1 N–H and O–H groups in total. The molecule has 0 amide bonds. The van der Waals surface area contributed by atoms with Gasteiger partial charge in [-0.1, -0.05) is 24.6 Å². The van der Waals surface area contributed by atoms with Crippen molar-refractivity contribution in [3.8, 4) is 0 Å². The fraction of sp³-hybridized carbons (Fsp3) is 0.400. The molecule has 0 aromatic heterocycles. The molecule has 1 aromatic carbocycles. The van der Waals surface area contributed by atoms with Crippen LogP contribution in [0.1, 0.15) is 24.0 Å². The predicted octanol–water partition coefficient (Wildman–Crippen LogP) is 2.70. The maximum absolute atomic E-state index is 9.00. The van der Waals surface area contributed by atoms with Gasteiger partial charge >= 0.3 is 0 Å². The lowest BCUT2D eigenvalue weighted by molar-refractivity contribution is 0.272. The Morgan fingerprint density at radius 3 is 2.75 bits per heavy atom. The fourth-order valence-corrected chi connectivity index (χ4v) is 2.01. The average Bonchev–Trinajstić information content (AvgIpc) is 2.08. The highest BCUT2D eigenvalue weighted by Gasteiger charge is 2.07. The van der Waals surface area contributed by atoms with Gasteiger partial charge in [-0.2, -0.15) is 0 Å². The van der Waals surface area contributed by atoms with E-state index in [2.05, 4.69) is 47.7 Å². The Balaban J connectivity index is 3.04.